The molecule has 0 aliphatic carbocycles. The lowest BCUT2D eigenvalue weighted by molar-refractivity contribution is -0.117. The van der Waals surface area contributed by atoms with E-state index in [-0.39, 0.29) is 24.5 Å². The molecule has 2 aromatic rings. The number of nitrogens with zero attached hydrogens (tertiary/aromatic N) is 2. The van der Waals surface area contributed by atoms with Gasteiger partial charge in [-0.05, 0) is 43.5 Å². The molecule has 2 heterocycles. The average Bonchev–Trinajstić information content (AvgIpc) is 3.42. The van der Waals surface area contributed by atoms with Gasteiger partial charge in [0.25, 0.3) is 5.91 Å². The van der Waals surface area contributed by atoms with Crippen LogP contribution in [0.1, 0.15) is 43.0 Å². The number of hydrogen-bond acceptors (Lipinski definition) is 6. The first-order valence-corrected chi connectivity index (χ1v) is 10.9. The Morgan fingerprint density at radius 1 is 1.34 bits per heavy atom. The Hall–Kier alpha value is -2.45. The van der Waals surface area contributed by atoms with Crippen LogP contribution in [0.4, 0.5) is 5.13 Å². The quantitative estimate of drug-likeness (QED) is 0.598. The minimum Gasteiger partial charge on any atom is -0.494 e. The zero-order valence-electron chi connectivity index (χ0n) is 16.6. The Kier molecular flexibility index (Phi) is 8.01. The third kappa shape index (κ3) is 6.54. The predicted molar refractivity (Wildman–Crippen MR) is 112 cm³/mol. The lowest BCUT2D eigenvalue weighted by Crippen LogP contribution is -2.42. The molecule has 0 bridgehead atoms. The van der Waals surface area contributed by atoms with Crippen LogP contribution in [0.3, 0.4) is 0 Å². The number of rotatable bonds is 10. The Bertz CT molecular complexity index is 774. The summed E-state index contributed by atoms with van der Waals surface area (Å²) >= 11 is 1.34. The number of unbranched alkanes of at least 4 members (excludes halogenated alkanes) is 1. The molecule has 1 aliphatic rings. The van der Waals surface area contributed by atoms with E-state index >= 15 is 0 Å². The minimum atomic E-state index is -0.272. The summed E-state index contributed by atoms with van der Waals surface area (Å²) in [6, 6.07) is 7.07. The van der Waals surface area contributed by atoms with Crippen molar-refractivity contribution in [3.8, 4) is 5.75 Å². The number of carbonyl (C=O) groups is 2. The van der Waals surface area contributed by atoms with Crippen molar-refractivity contribution in [2.45, 2.75) is 38.7 Å². The van der Waals surface area contributed by atoms with Crippen LogP contribution in [0.15, 0.2) is 35.8 Å². The fourth-order valence-electron chi connectivity index (χ4n) is 3.08. The Labute approximate surface area is 175 Å². The van der Waals surface area contributed by atoms with Gasteiger partial charge in [-0.15, -0.1) is 11.3 Å². The summed E-state index contributed by atoms with van der Waals surface area (Å²) in [6.07, 6.45) is 5.51. The van der Waals surface area contributed by atoms with E-state index in [2.05, 4.69) is 17.2 Å². The number of amides is 2. The van der Waals surface area contributed by atoms with Crippen molar-refractivity contribution in [2.75, 3.05) is 31.6 Å². The van der Waals surface area contributed by atoms with E-state index in [4.69, 9.17) is 9.47 Å². The van der Waals surface area contributed by atoms with E-state index in [0.29, 0.717) is 30.5 Å². The molecule has 7 nitrogen and oxygen atoms in total. The van der Waals surface area contributed by atoms with Crippen molar-refractivity contribution in [1.29, 1.82) is 0 Å². The number of anilines is 1. The van der Waals surface area contributed by atoms with E-state index in [1.54, 1.807) is 40.7 Å². The lowest BCUT2D eigenvalue weighted by atomic mass is 10.1. The number of thiazole rings is 1. The topological polar surface area (TPSA) is 80.8 Å². The van der Waals surface area contributed by atoms with Crippen LogP contribution in [-0.4, -0.2) is 54.1 Å². The number of hydrogen-bond donors (Lipinski definition) is 1. The van der Waals surface area contributed by atoms with Gasteiger partial charge in [0.1, 0.15) is 12.3 Å². The number of benzene rings is 1. The summed E-state index contributed by atoms with van der Waals surface area (Å²) in [5, 5.41) is 5.04. The SMILES string of the molecule is CCCCOc1ccc(C(=O)N(CC(=O)Nc2nccs2)CC2CCCO2)cc1. The predicted octanol–water partition coefficient (Wildman–Crippen LogP) is 3.58. The van der Waals surface area contributed by atoms with Crippen molar-refractivity contribution in [2.24, 2.45) is 0 Å². The van der Waals surface area contributed by atoms with Gasteiger partial charge < -0.3 is 19.7 Å². The van der Waals surface area contributed by atoms with Crippen molar-refractivity contribution in [3.63, 3.8) is 0 Å². The molecule has 2 amide bonds. The molecule has 1 fully saturated rings. The highest BCUT2D eigenvalue weighted by atomic mass is 32.1. The van der Waals surface area contributed by atoms with Crippen molar-refractivity contribution in [3.05, 3.63) is 41.4 Å². The number of ether oxygens (including phenoxy) is 2. The molecule has 29 heavy (non-hydrogen) atoms. The largest absolute Gasteiger partial charge is 0.494 e. The molecule has 1 atom stereocenters. The summed E-state index contributed by atoms with van der Waals surface area (Å²) in [4.78, 5) is 31.1. The Balaban J connectivity index is 1.65. The first-order valence-electron chi connectivity index (χ1n) is 9.98. The minimum absolute atomic E-state index is 0.0386. The molecule has 0 saturated carbocycles. The maximum atomic E-state index is 13.1. The van der Waals surface area contributed by atoms with Gasteiger partial charge in [0.15, 0.2) is 5.13 Å². The lowest BCUT2D eigenvalue weighted by Gasteiger charge is -2.25. The van der Waals surface area contributed by atoms with Gasteiger partial charge in [-0.25, -0.2) is 4.98 Å². The molecule has 1 aromatic carbocycles. The van der Waals surface area contributed by atoms with Crippen LogP contribution in [0.5, 0.6) is 5.75 Å². The summed E-state index contributed by atoms with van der Waals surface area (Å²) < 4.78 is 11.3. The highest BCUT2D eigenvalue weighted by Gasteiger charge is 2.25. The van der Waals surface area contributed by atoms with Gasteiger partial charge in [-0.1, -0.05) is 13.3 Å². The summed E-state index contributed by atoms with van der Waals surface area (Å²) in [5.74, 6) is 0.267. The van der Waals surface area contributed by atoms with E-state index in [0.717, 1.165) is 31.4 Å². The normalized spacial score (nSPS) is 15.8. The van der Waals surface area contributed by atoms with Crippen LogP contribution >= 0.6 is 11.3 Å². The van der Waals surface area contributed by atoms with Gasteiger partial charge in [-0.3, -0.25) is 9.59 Å². The maximum Gasteiger partial charge on any atom is 0.254 e. The number of carbonyl (C=O) groups excluding carboxylic acids is 2. The van der Waals surface area contributed by atoms with Gasteiger partial charge in [-0.2, -0.15) is 0 Å². The molecule has 0 radical (unpaired) electrons. The molecular weight excluding hydrogens is 390 g/mol. The molecule has 156 valence electrons. The van der Waals surface area contributed by atoms with Gasteiger partial charge in [0.05, 0.1) is 12.7 Å². The first kappa shape index (κ1) is 21.3. The molecule has 1 saturated heterocycles. The third-order valence-corrected chi connectivity index (χ3v) is 5.30. The van der Waals surface area contributed by atoms with E-state index in [1.165, 1.54) is 11.3 Å². The monoisotopic (exact) mass is 417 g/mol. The van der Waals surface area contributed by atoms with Crippen molar-refractivity contribution >= 4 is 28.3 Å². The number of nitrogens with one attached hydrogen (secondary N) is 1. The van der Waals surface area contributed by atoms with E-state index < -0.39 is 0 Å². The molecule has 1 aliphatic heterocycles. The van der Waals surface area contributed by atoms with Crippen LogP contribution in [0.25, 0.3) is 0 Å². The van der Waals surface area contributed by atoms with Gasteiger partial charge in [0.2, 0.25) is 5.91 Å². The van der Waals surface area contributed by atoms with E-state index in [1.807, 2.05) is 0 Å². The van der Waals surface area contributed by atoms with Crippen LogP contribution in [0.2, 0.25) is 0 Å². The van der Waals surface area contributed by atoms with Crippen molar-refractivity contribution in [1.82, 2.24) is 9.88 Å². The van der Waals surface area contributed by atoms with E-state index in [9.17, 15) is 9.59 Å². The molecule has 8 heteroatoms. The van der Waals surface area contributed by atoms with Crippen molar-refractivity contribution < 1.29 is 19.1 Å². The summed E-state index contributed by atoms with van der Waals surface area (Å²) in [6.45, 7) is 3.80. The second-order valence-corrected chi connectivity index (χ2v) is 7.83. The zero-order chi connectivity index (χ0) is 20.5. The second kappa shape index (κ2) is 10.9. The fraction of sp³-hybridized carbons (Fsp3) is 0.476. The van der Waals surface area contributed by atoms with Crippen LogP contribution < -0.4 is 10.1 Å². The van der Waals surface area contributed by atoms with Gasteiger partial charge >= 0.3 is 0 Å². The molecule has 1 unspecified atom stereocenters. The molecule has 0 spiro atoms. The fourth-order valence-corrected chi connectivity index (χ4v) is 3.63. The van der Waals surface area contributed by atoms with Gasteiger partial charge in [0, 0.05) is 30.3 Å². The number of aromatic nitrogens is 1. The molecule has 3 rings (SSSR count). The Morgan fingerprint density at radius 2 is 2.17 bits per heavy atom. The smallest absolute Gasteiger partial charge is 0.254 e. The summed E-state index contributed by atoms with van der Waals surface area (Å²) in [7, 11) is 0. The maximum absolute atomic E-state index is 13.1. The first-order chi connectivity index (χ1) is 14.2. The molecule has 1 aromatic heterocycles. The molecular formula is C21H27N3O4S. The summed E-state index contributed by atoms with van der Waals surface area (Å²) in [5.41, 5.74) is 0.521. The Morgan fingerprint density at radius 3 is 2.83 bits per heavy atom. The van der Waals surface area contributed by atoms with Crippen LogP contribution in [0, 0.1) is 0 Å². The van der Waals surface area contributed by atoms with Crippen LogP contribution in [-0.2, 0) is 9.53 Å². The highest BCUT2D eigenvalue weighted by Crippen LogP contribution is 2.18. The average molecular weight is 418 g/mol. The standard InChI is InChI=1S/C21H27N3O4S/c1-2-3-11-27-17-8-6-16(7-9-17)20(26)24(14-18-5-4-12-28-18)15-19(25)23-21-22-10-13-29-21/h6-10,13,18H,2-5,11-12,14-15H2,1H3,(H,22,23,25). The third-order valence-electron chi connectivity index (χ3n) is 4.62. The zero-order valence-corrected chi connectivity index (χ0v) is 17.5. The highest BCUT2D eigenvalue weighted by molar-refractivity contribution is 7.13. The molecule has 1 N–H and O–H groups in total. The second-order valence-electron chi connectivity index (χ2n) is 6.93.